The molecule has 2 aliphatic carbocycles. The van der Waals surface area contributed by atoms with Gasteiger partial charge in [0.1, 0.15) is 4.88 Å². The van der Waals surface area contributed by atoms with Gasteiger partial charge in [0.2, 0.25) is 5.91 Å². The van der Waals surface area contributed by atoms with Crippen LogP contribution in [-0.2, 0) is 9.53 Å². The van der Waals surface area contributed by atoms with E-state index in [1.54, 1.807) is 0 Å². The molecule has 1 aromatic heterocycles. The summed E-state index contributed by atoms with van der Waals surface area (Å²) in [6.45, 7) is 6.49. The maximum Gasteiger partial charge on any atom is 0.350 e. The molecule has 0 unspecified atom stereocenters. The Morgan fingerprint density at radius 2 is 1.87 bits per heavy atom. The third kappa shape index (κ3) is 5.42. The summed E-state index contributed by atoms with van der Waals surface area (Å²) in [5.41, 5.74) is 9.80. The lowest BCUT2D eigenvalue weighted by Crippen LogP contribution is -2.43. The second-order valence-corrected chi connectivity index (χ2v) is 10.7. The molecule has 0 spiro atoms. The van der Waals surface area contributed by atoms with E-state index in [1.807, 2.05) is 11.8 Å². The average molecular weight is 447 g/mol. The van der Waals surface area contributed by atoms with Gasteiger partial charge >= 0.3 is 5.97 Å². The van der Waals surface area contributed by atoms with E-state index in [2.05, 4.69) is 29.9 Å². The zero-order chi connectivity index (χ0) is 22.6. The Labute approximate surface area is 188 Å². The minimum atomic E-state index is -0.376. The number of methoxy groups -OCH3 is 1. The molecule has 2 saturated carbocycles. The maximum absolute atomic E-state index is 13.0. The van der Waals surface area contributed by atoms with Crippen LogP contribution in [0.2, 0.25) is 0 Å². The van der Waals surface area contributed by atoms with Crippen LogP contribution in [0.5, 0.6) is 0 Å². The lowest BCUT2D eigenvalue weighted by molar-refractivity contribution is -0.118. The number of carbonyl (C=O) groups is 2. The van der Waals surface area contributed by atoms with Crippen LogP contribution in [0.3, 0.4) is 0 Å². The second-order valence-electron chi connectivity index (χ2n) is 9.58. The quantitative estimate of drug-likeness (QED) is 0.213. The van der Waals surface area contributed by atoms with E-state index >= 15 is 0 Å². The average Bonchev–Trinajstić information content (AvgIpc) is 3.19. The number of amides is 1. The lowest BCUT2D eigenvalue weighted by atomic mass is 9.73. The minimum absolute atomic E-state index is 0.00809. The number of nitrogens with zero attached hydrogens (tertiary/aromatic N) is 4. The molecule has 7 nitrogen and oxygen atoms in total. The molecule has 0 saturated heterocycles. The Kier molecular flexibility index (Phi) is 7.65. The molecule has 8 heteroatoms. The van der Waals surface area contributed by atoms with Gasteiger partial charge in [0.15, 0.2) is 0 Å². The SMILES string of the molecule is CCC(=O)N(c1cc(C2CCC(C)(C)CC2)sc1C(=O)OC)C1CCC(N=[N+]=[N-])CC1. The molecule has 1 heterocycles. The molecule has 0 aliphatic heterocycles. The van der Waals surface area contributed by atoms with Crippen molar-refractivity contribution in [2.75, 3.05) is 12.0 Å². The molecular weight excluding hydrogens is 412 g/mol. The molecule has 2 fully saturated rings. The van der Waals surface area contributed by atoms with Gasteiger partial charge in [0.25, 0.3) is 0 Å². The number of hydrogen-bond donors (Lipinski definition) is 0. The van der Waals surface area contributed by atoms with Crippen LogP contribution in [0, 0.1) is 5.41 Å². The van der Waals surface area contributed by atoms with E-state index in [9.17, 15) is 9.59 Å². The van der Waals surface area contributed by atoms with Gasteiger partial charge < -0.3 is 9.64 Å². The number of carbonyl (C=O) groups excluding carboxylic acids is 2. The van der Waals surface area contributed by atoms with Crippen molar-refractivity contribution < 1.29 is 14.3 Å². The molecule has 170 valence electrons. The summed E-state index contributed by atoms with van der Waals surface area (Å²) in [6.07, 6.45) is 7.95. The predicted octanol–water partition coefficient (Wildman–Crippen LogP) is 6.58. The summed E-state index contributed by atoms with van der Waals surface area (Å²) in [5.74, 6) is 0.0695. The first kappa shape index (κ1) is 23.6. The van der Waals surface area contributed by atoms with Gasteiger partial charge in [-0.15, -0.1) is 11.3 Å². The van der Waals surface area contributed by atoms with Gasteiger partial charge in [-0.05, 0) is 74.3 Å². The van der Waals surface area contributed by atoms with Crippen LogP contribution in [-0.4, -0.2) is 31.1 Å². The van der Waals surface area contributed by atoms with E-state index in [1.165, 1.54) is 36.2 Å². The van der Waals surface area contributed by atoms with Crippen LogP contribution in [0.4, 0.5) is 5.69 Å². The highest BCUT2D eigenvalue weighted by atomic mass is 32.1. The van der Waals surface area contributed by atoms with E-state index in [4.69, 9.17) is 10.3 Å². The molecule has 0 atom stereocenters. The van der Waals surface area contributed by atoms with Crippen LogP contribution >= 0.6 is 11.3 Å². The first-order chi connectivity index (χ1) is 14.8. The molecule has 2 aliphatic rings. The van der Waals surface area contributed by atoms with Crippen LogP contribution < -0.4 is 4.90 Å². The molecule has 0 bridgehead atoms. The van der Waals surface area contributed by atoms with Gasteiger partial charge in [-0.2, -0.15) is 0 Å². The summed E-state index contributed by atoms with van der Waals surface area (Å²) >= 11 is 1.49. The Morgan fingerprint density at radius 3 is 2.42 bits per heavy atom. The number of rotatable bonds is 6. The van der Waals surface area contributed by atoms with E-state index in [-0.39, 0.29) is 24.0 Å². The fraction of sp³-hybridized carbons (Fsp3) is 0.739. The Balaban J connectivity index is 1.92. The van der Waals surface area contributed by atoms with E-state index < -0.39 is 0 Å². The monoisotopic (exact) mass is 446 g/mol. The highest BCUT2D eigenvalue weighted by Gasteiger charge is 2.35. The van der Waals surface area contributed by atoms with Crippen molar-refractivity contribution in [2.45, 2.75) is 96.6 Å². The van der Waals surface area contributed by atoms with Gasteiger partial charge in [0.05, 0.1) is 12.8 Å². The van der Waals surface area contributed by atoms with Crippen molar-refractivity contribution in [3.63, 3.8) is 0 Å². The van der Waals surface area contributed by atoms with E-state index in [0.29, 0.717) is 28.3 Å². The molecule has 0 radical (unpaired) electrons. The second kappa shape index (κ2) is 10.0. The Hall–Kier alpha value is -2.05. The van der Waals surface area contributed by atoms with Crippen molar-refractivity contribution in [3.8, 4) is 0 Å². The van der Waals surface area contributed by atoms with Crippen molar-refractivity contribution in [3.05, 3.63) is 26.3 Å². The third-order valence-corrected chi connectivity index (χ3v) is 8.19. The molecule has 1 amide bonds. The van der Waals surface area contributed by atoms with Gasteiger partial charge in [0, 0.05) is 28.3 Å². The molecule has 31 heavy (non-hydrogen) atoms. The van der Waals surface area contributed by atoms with Crippen molar-refractivity contribution in [1.29, 1.82) is 0 Å². The summed E-state index contributed by atoms with van der Waals surface area (Å²) in [4.78, 5) is 32.2. The summed E-state index contributed by atoms with van der Waals surface area (Å²) in [5, 5.41) is 3.86. The molecule has 0 N–H and O–H groups in total. The topological polar surface area (TPSA) is 95.4 Å². The van der Waals surface area contributed by atoms with Crippen molar-refractivity contribution in [2.24, 2.45) is 10.5 Å². The first-order valence-corrected chi connectivity index (χ1v) is 12.2. The molecule has 3 rings (SSSR count). The van der Waals surface area contributed by atoms with Gasteiger partial charge in [-0.25, -0.2) is 4.79 Å². The normalized spacial score (nSPS) is 23.6. The summed E-state index contributed by atoms with van der Waals surface area (Å²) in [7, 11) is 1.39. The highest BCUT2D eigenvalue weighted by molar-refractivity contribution is 7.14. The third-order valence-electron chi connectivity index (χ3n) is 6.92. The number of anilines is 1. The smallest absolute Gasteiger partial charge is 0.350 e. The number of hydrogen-bond acceptors (Lipinski definition) is 5. The number of thiophene rings is 1. The predicted molar refractivity (Wildman–Crippen MR) is 124 cm³/mol. The van der Waals surface area contributed by atoms with Crippen LogP contribution in [0.15, 0.2) is 11.2 Å². The molecule has 1 aromatic rings. The standard InChI is InChI=1S/C23H34N4O3S/c1-5-20(28)27(17-8-6-16(7-9-17)25-26-24)18-14-19(31-21(18)22(29)30-4)15-10-12-23(2,3)13-11-15/h14-17H,5-13H2,1-4H3. The Morgan fingerprint density at radius 1 is 1.23 bits per heavy atom. The van der Waals surface area contributed by atoms with Crippen molar-refractivity contribution >= 4 is 28.9 Å². The van der Waals surface area contributed by atoms with Gasteiger partial charge in [-0.3, -0.25) is 4.79 Å². The minimum Gasteiger partial charge on any atom is -0.465 e. The Bertz CT molecular complexity index is 841. The molecular formula is C23H34N4O3S. The molecule has 0 aromatic carbocycles. The fourth-order valence-corrected chi connectivity index (χ4v) is 6.15. The maximum atomic E-state index is 13.0. The largest absolute Gasteiger partial charge is 0.465 e. The number of azide groups is 1. The lowest BCUT2D eigenvalue weighted by Gasteiger charge is -2.36. The first-order valence-electron chi connectivity index (χ1n) is 11.4. The zero-order valence-corrected chi connectivity index (χ0v) is 19.9. The summed E-state index contributed by atoms with van der Waals surface area (Å²) in [6, 6.07) is 2.07. The van der Waals surface area contributed by atoms with Crippen LogP contribution in [0.25, 0.3) is 10.4 Å². The fourth-order valence-electron chi connectivity index (χ4n) is 4.91. The van der Waals surface area contributed by atoms with E-state index in [0.717, 1.165) is 38.5 Å². The number of esters is 1. The summed E-state index contributed by atoms with van der Waals surface area (Å²) < 4.78 is 5.09. The van der Waals surface area contributed by atoms with Crippen molar-refractivity contribution in [1.82, 2.24) is 0 Å². The number of ether oxygens (including phenoxy) is 1. The highest BCUT2D eigenvalue weighted by Crippen LogP contribution is 2.47. The zero-order valence-electron chi connectivity index (χ0n) is 19.1. The van der Waals surface area contributed by atoms with Gasteiger partial charge in [-0.1, -0.05) is 25.9 Å². The van der Waals surface area contributed by atoms with Crippen LogP contribution in [0.1, 0.15) is 99.0 Å².